The quantitative estimate of drug-likeness (QED) is 0.765. The summed E-state index contributed by atoms with van der Waals surface area (Å²) in [5, 5.41) is 0. The number of fused-ring (bicyclic) bond motifs is 1. The second-order valence-corrected chi connectivity index (χ2v) is 4.09. The molecule has 0 bridgehead atoms. The largest absolute Gasteiger partial charge is 0.486 e. The molecular formula is C15H22O2. The van der Waals surface area contributed by atoms with Crippen LogP contribution >= 0.6 is 0 Å². The number of rotatable bonds is 2. The van der Waals surface area contributed by atoms with Gasteiger partial charge in [-0.15, -0.1) is 0 Å². The van der Waals surface area contributed by atoms with Crippen molar-refractivity contribution in [1.82, 2.24) is 0 Å². The number of carbonyl (C=O) groups is 1. The molecule has 1 aromatic carbocycles. The van der Waals surface area contributed by atoms with Gasteiger partial charge in [0.15, 0.2) is 5.78 Å². The van der Waals surface area contributed by atoms with Gasteiger partial charge in [-0.1, -0.05) is 39.8 Å². The summed E-state index contributed by atoms with van der Waals surface area (Å²) >= 11 is 0. The van der Waals surface area contributed by atoms with Gasteiger partial charge in [-0.25, -0.2) is 0 Å². The molecule has 0 N–H and O–H groups in total. The lowest BCUT2D eigenvalue weighted by atomic mass is 9.86. The average molecular weight is 234 g/mol. The second kappa shape index (κ2) is 5.85. The standard InChI is InChI=1S/C13H16O2.C2H6/c1-3-13(4-2)9-11(14)10-7-5-6-8-12(10)15-13;1-2/h5-8H,3-4,9H2,1-2H3;1-2H3. The monoisotopic (exact) mass is 234 g/mol. The highest BCUT2D eigenvalue weighted by Crippen LogP contribution is 2.36. The lowest BCUT2D eigenvalue weighted by Crippen LogP contribution is -2.40. The summed E-state index contributed by atoms with van der Waals surface area (Å²) in [6, 6.07) is 7.51. The number of benzene rings is 1. The van der Waals surface area contributed by atoms with Gasteiger partial charge in [0, 0.05) is 0 Å². The zero-order valence-electron chi connectivity index (χ0n) is 11.2. The van der Waals surface area contributed by atoms with Gasteiger partial charge in [0.2, 0.25) is 0 Å². The van der Waals surface area contributed by atoms with Crippen molar-refractivity contribution in [3.63, 3.8) is 0 Å². The van der Waals surface area contributed by atoms with Crippen LogP contribution < -0.4 is 4.74 Å². The van der Waals surface area contributed by atoms with Crippen molar-refractivity contribution in [3.8, 4) is 5.75 Å². The number of hydrogen-bond acceptors (Lipinski definition) is 2. The zero-order chi connectivity index (χ0) is 12.9. The normalized spacial score (nSPS) is 16.4. The van der Waals surface area contributed by atoms with Crippen molar-refractivity contribution < 1.29 is 9.53 Å². The molecule has 0 fully saturated rings. The third kappa shape index (κ3) is 2.68. The van der Waals surface area contributed by atoms with Crippen molar-refractivity contribution in [2.24, 2.45) is 0 Å². The van der Waals surface area contributed by atoms with E-state index in [1.165, 1.54) is 0 Å². The maximum absolute atomic E-state index is 11.9. The number of carbonyl (C=O) groups excluding carboxylic acids is 1. The van der Waals surface area contributed by atoms with E-state index in [4.69, 9.17) is 4.74 Å². The molecule has 0 spiro atoms. The molecule has 2 heteroatoms. The van der Waals surface area contributed by atoms with Gasteiger partial charge in [-0.2, -0.15) is 0 Å². The van der Waals surface area contributed by atoms with Crippen molar-refractivity contribution in [2.75, 3.05) is 0 Å². The zero-order valence-corrected chi connectivity index (χ0v) is 11.2. The molecule has 1 aliphatic rings. The van der Waals surface area contributed by atoms with Gasteiger partial charge in [-0.05, 0) is 25.0 Å². The molecule has 2 nitrogen and oxygen atoms in total. The molecule has 1 heterocycles. The van der Waals surface area contributed by atoms with Crippen LogP contribution in [0.2, 0.25) is 0 Å². The SMILES string of the molecule is CC.CCC1(CC)CC(=O)c2ccccc2O1. The molecule has 1 aromatic rings. The van der Waals surface area contributed by atoms with E-state index in [9.17, 15) is 4.79 Å². The molecule has 0 saturated heterocycles. The molecular weight excluding hydrogens is 212 g/mol. The summed E-state index contributed by atoms with van der Waals surface area (Å²) < 4.78 is 5.97. The topological polar surface area (TPSA) is 26.3 Å². The predicted molar refractivity (Wildman–Crippen MR) is 70.7 cm³/mol. The number of ether oxygens (including phenoxy) is 1. The van der Waals surface area contributed by atoms with E-state index in [1.807, 2.05) is 38.1 Å². The highest BCUT2D eigenvalue weighted by Gasteiger charge is 2.37. The smallest absolute Gasteiger partial charge is 0.170 e. The number of ketones is 1. The predicted octanol–water partition coefficient (Wildman–Crippen LogP) is 4.24. The first kappa shape index (κ1) is 13.8. The van der Waals surface area contributed by atoms with Gasteiger partial charge in [0.25, 0.3) is 0 Å². The van der Waals surface area contributed by atoms with Crippen LogP contribution in [-0.4, -0.2) is 11.4 Å². The molecule has 0 unspecified atom stereocenters. The summed E-state index contributed by atoms with van der Waals surface area (Å²) in [7, 11) is 0. The Kier molecular flexibility index (Phi) is 4.73. The van der Waals surface area contributed by atoms with Crippen molar-refractivity contribution in [2.45, 2.75) is 52.6 Å². The van der Waals surface area contributed by atoms with Crippen LogP contribution in [0.3, 0.4) is 0 Å². The van der Waals surface area contributed by atoms with Gasteiger partial charge < -0.3 is 4.74 Å². The average Bonchev–Trinajstić information content (AvgIpc) is 2.41. The van der Waals surface area contributed by atoms with Crippen LogP contribution in [0.5, 0.6) is 5.75 Å². The van der Waals surface area contributed by atoms with E-state index in [1.54, 1.807) is 0 Å². The first-order valence-corrected chi connectivity index (χ1v) is 6.52. The third-order valence-corrected chi connectivity index (χ3v) is 3.29. The molecule has 0 aliphatic carbocycles. The van der Waals surface area contributed by atoms with E-state index in [2.05, 4.69) is 13.8 Å². The van der Waals surface area contributed by atoms with E-state index < -0.39 is 0 Å². The fraction of sp³-hybridized carbons (Fsp3) is 0.533. The summed E-state index contributed by atoms with van der Waals surface area (Å²) in [5.74, 6) is 0.956. The Labute approximate surface area is 104 Å². The number of hydrogen-bond donors (Lipinski definition) is 0. The summed E-state index contributed by atoms with van der Waals surface area (Å²) in [4.78, 5) is 11.9. The fourth-order valence-corrected chi connectivity index (χ4v) is 2.09. The first-order valence-electron chi connectivity index (χ1n) is 6.52. The van der Waals surface area contributed by atoms with Gasteiger partial charge in [-0.3, -0.25) is 4.79 Å². The Morgan fingerprint density at radius 3 is 2.35 bits per heavy atom. The number of Topliss-reactive ketones (excluding diaryl/α,β-unsaturated/α-hetero) is 1. The van der Waals surface area contributed by atoms with E-state index in [-0.39, 0.29) is 11.4 Å². The van der Waals surface area contributed by atoms with Crippen molar-refractivity contribution >= 4 is 5.78 Å². The Bertz CT molecular complexity index is 378. The van der Waals surface area contributed by atoms with Crippen molar-refractivity contribution in [3.05, 3.63) is 29.8 Å². The fourth-order valence-electron chi connectivity index (χ4n) is 2.09. The van der Waals surface area contributed by atoms with E-state index in [0.29, 0.717) is 6.42 Å². The van der Waals surface area contributed by atoms with Crippen LogP contribution in [0.15, 0.2) is 24.3 Å². The Morgan fingerprint density at radius 1 is 1.18 bits per heavy atom. The lowest BCUT2D eigenvalue weighted by molar-refractivity contribution is 0.0350. The highest BCUT2D eigenvalue weighted by atomic mass is 16.5. The van der Waals surface area contributed by atoms with Gasteiger partial charge in [0.05, 0.1) is 12.0 Å². The number of para-hydroxylation sites is 1. The van der Waals surface area contributed by atoms with Crippen LogP contribution in [0.1, 0.15) is 57.3 Å². The van der Waals surface area contributed by atoms with Gasteiger partial charge in [0.1, 0.15) is 11.4 Å². The summed E-state index contributed by atoms with van der Waals surface area (Å²) in [5.41, 5.74) is 0.459. The van der Waals surface area contributed by atoms with Crippen LogP contribution in [0.4, 0.5) is 0 Å². The van der Waals surface area contributed by atoms with E-state index >= 15 is 0 Å². The van der Waals surface area contributed by atoms with Crippen LogP contribution in [-0.2, 0) is 0 Å². The maximum Gasteiger partial charge on any atom is 0.170 e. The molecule has 0 radical (unpaired) electrons. The summed E-state index contributed by atoms with van der Waals surface area (Å²) in [6.07, 6.45) is 2.27. The molecule has 2 rings (SSSR count). The Hall–Kier alpha value is -1.31. The third-order valence-electron chi connectivity index (χ3n) is 3.29. The molecule has 0 atom stereocenters. The lowest BCUT2D eigenvalue weighted by Gasteiger charge is -2.36. The molecule has 0 saturated carbocycles. The van der Waals surface area contributed by atoms with Crippen molar-refractivity contribution in [1.29, 1.82) is 0 Å². The minimum absolute atomic E-state index is 0.209. The van der Waals surface area contributed by atoms with Gasteiger partial charge >= 0.3 is 0 Å². The molecule has 94 valence electrons. The first-order chi connectivity index (χ1) is 8.21. The molecule has 0 aromatic heterocycles. The summed E-state index contributed by atoms with van der Waals surface area (Å²) in [6.45, 7) is 8.15. The van der Waals surface area contributed by atoms with E-state index in [0.717, 1.165) is 24.2 Å². The van der Waals surface area contributed by atoms with Crippen LogP contribution in [0.25, 0.3) is 0 Å². The molecule has 1 aliphatic heterocycles. The maximum atomic E-state index is 11.9. The highest BCUT2D eigenvalue weighted by molar-refractivity contribution is 6.00. The van der Waals surface area contributed by atoms with Crippen LogP contribution in [0, 0.1) is 0 Å². The minimum Gasteiger partial charge on any atom is -0.486 e. The molecule has 17 heavy (non-hydrogen) atoms. The minimum atomic E-state index is -0.272. The molecule has 0 amide bonds. The Morgan fingerprint density at radius 2 is 1.76 bits per heavy atom. The second-order valence-electron chi connectivity index (χ2n) is 4.09. The Balaban J connectivity index is 0.000000686.